The molecule has 0 saturated carbocycles. The number of hydrogen-bond acceptors (Lipinski definition) is 6. The van der Waals surface area contributed by atoms with Gasteiger partial charge >= 0.3 is 0 Å². The van der Waals surface area contributed by atoms with Crippen molar-refractivity contribution in [3.05, 3.63) is 77.6 Å². The van der Waals surface area contributed by atoms with E-state index in [1.807, 2.05) is 19.1 Å². The van der Waals surface area contributed by atoms with Gasteiger partial charge in [-0.05, 0) is 61.4 Å². The molecule has 170 valence electrons. The number of nitrogens with one attached hydrogen (secondary N) is 1. The van der Waals surface area contributed by atoms with Crippen molar-refractivity contribution in [1.29, 1.82) is 0 Å². The number of fused-ring (bicyclic) bond motifs is 1. The van der Waals surface area contributed by atoms with Gasteiger partial charge in [0, 0.05) is 11.1 Å². The highest BCUT2D eigenvalue weighted by molar-refractivity contribution is 7.93. The largest absolute Gasteiger partial charge is 0.301 e. The molecule has 1 N–H and O–H groups in total. The number of benzene rings is 3. The second-order valence-electron chi connectivity index (χ2n) is 7.72. The van der Waals surface area contributed by atoms with Crippen LogP contribution in [0.4, 0.5) is 15.8 Å². The van der Waals surface area contributed by atoms with E-state index in [1.165, 1.54) is 42.5 Å². The minimum Gasteiger partial charge on any atom is -0.301 e. The Hall–Kier alpha value is -3.23. The van der Waals surface area contributed by atoms with Gasteiger partial charge in [-0.3, -0.25) is 10.4 Å². The molecule has 4 rings (SSSR count). The zero-order valence-electron chi connectivity index (χ0n) is 17.9. The van der Waals surface area contributed by atoms with E-state index in [1.54, 1.807) is 24.3 Å². The van der Waals surface area contributed by atoms with E-state index in [0.29, 0.717) is 16.9 Å². The summed E-state index contributed by atoms with van der Waals surface area (Å²) in [7, 11) is -3.68. The summed E-state index contributed by atoms with van der Waals surface area (Å²) >= 11 is 5.83. The molecule has 9 heteroatoms. The lowest BCUT2D eigenvalue weighted by atomic mass is 9.93. The number of sulfone groups is 1. The van der Waals surface area contributed by atoms with Gasteiger partial charge in [-0.25, -0.2) is 17.8 Å². The van der Waals surface area contributed by atoms with Gasteiger partial charge in [0.15, 0.2) is 9.84 Å². The predicted octanol–water partition coefficient (Wildman–Crippen LogP) is 5.40. The number of anilines is 1. The molecule has 33 heavy (non-hydrogen) atoms. The summed E-state index contributed by atoms with van der Waals surface area (Å²) in [6, 6.07) is 15.4. The molecule has 0 aliphatic carbocycles. The lowest BCUT2D eigenvalue weighted by molar-refractivity contribution is -0.111. The molecule has 0 saturated heterocycles. The van der Waals surface area contributed by atoms with Crippen LogP contribution in [0.5, 0.6) is 0 Å². The minimum absolute atomic E-state index is 0.0708. The van der Waals surface area contributed by atoms with Crippen molar-refractivity contribution in [2.75, 3.05) is 5.43 Å². The summed E-state index contributed by atoms with van der Waals surface area (Å²) in [4.78, 5) is 16.8. The number of alkyl halides is 1. The third-order valence-electron chi connectivity index (χ3n) is 5.35. The molecular weight excluding hydrogens is 465 g/mol. The minimum atomic E-state index is -3.68. The number of nitrogens with zero attached hydrogens (tertiary/aromatic N) is 2. The van der Waals surface area contributed by atoms with E-state index in [-0.39, 0.29) is 10.7 Å². The zero-order valence-corrected chi connectivity index (χ0v) is 19.4. The first-order valence-corrected chi connectivity index (χ1v) is 12.1. The molecule has 0 radical (unpaired) electrons. The summed E-state index contributed by atoms with van der Waals surface area (Å²) in [5.74, 6) is -0.335. The molecular formula is C24H21ClFN3O3S. The molecule has 3 aromatic rings. The van der Waals surface area contributed by atoms with Crippen LogP contribution in [0.25, 0.3) is 11.1 Å². The number of carbonyl (C=O) groups excluding carboxylic acids is 1. The molecule has 0 spiro atoms. The van der Waals surface area contributed by atoms with Crippen molar-refractivity contribution in [3.63, 3.8) is 0 Å². The maximum absolute atomic E-state index is 13.4. The van der Waals surface area contributed by atoms with Gasteiger partial charge in [0.05, 0.1) is 16.3 Å². The van der Waals surface area contributed by atoms with Crippen LogP contribution < -0.4 is 5.43 Å². The van der Waals surface area contributed by atoms with Crippen molar-refractivity contribution >= 4 is 45.4 Å². The fourth-order valence-corrected chi connectivity index (χ4v) is 4.93. The molecule has 1 aliphatic rings. The van der Waals surface area contributed by atoms with Crippen LogP contribution in [0.1, 0.15) is 24.1 Å². The first-order chi connectivity index (χ1) is 15.7. The molecule has 3 aromatic carbocycles. The normalized spacial score (nSPS) is 16.2. The van der Waals surface area contributed by atoms with Gasteiger partial charge in [-0.1, -0.05) is 24.3 Å². The van der Waals surface area contributed by atoms with Crippen LogP contribution in [0.2, 0.25) is 0 Å². The van der Waals surface area contributed by atoms with Crippen molar-refractivity contribution in [2.45, 2.75) is 29.5 Å². The number of aldehydes is 1. The maximum atomic E-state index is 13.4. The van der Waals surface area contributed by atoms with Crippen LogP contribution >= 0.6 is 11.6 Å². The number of carbonyl (C=O) groups is 1. The monoisotopic (exact) mass is 485 g/mol. The van der Waals surface area contributed by atoms with E-state index >= 15 is 0 Å². The average molecular weight is 486 g/mol. The first kappa shape index (κ1) is 22.9. The Kier molecular flexibility index (Phi) is 6.23. The number of halogens is 2. The van der Waals surface area contributed by atoms with Crippen LogP contribution in [0.15, 0.2) is 70.6 Å². The maximum Gasteiger partial charge on any atom is 0.194 e. The highest BCUT2D eigenvalue weighted by atomic mass is 35.5. The number of aryl methyl sites for hydroxylation is 1. The molecule has 0 aromatic heterocycles. The molecule has 2 unspecified atom stereocenters. The average Bonchev–Trinajstić information content (AvgIpc) is 2.79. The van der Waals surface area contributed by atoms with Crippen LogP contribution in [0, 0.1) is 12.7 Å². The first-order valence-electron chi connectivity index (χ1n) is 10.1. The standard InChI is InChI=1S/C24H21ClFN3O3S/c1-15-10-21(17-6-8-18(26)9-7-17)24-22(11-15)23(13-30)29(14-27-24)28-19-4-3-5-20(12-19)33(31,32)16(2)25/h3-14,16,23,28H,1-2H3. The SMILES string of the molecule is Cc1cc(-c2ccc(F)cc2)c2c(c1)C(C=O)N(Nc1cccc(S(=O)(=O)C(C)Cl)c1)C=N2. The van der Waals surface area contributed by atoms with E-state index in [4.69, 9.17) is 11.6 Å². The Bertz CT molecular complexity index is 1340. The van der Waals surface area contributed by atoms with Crippen LogP contribution in [0.3, 0.4) is 0 Å². The number of hydrazine groups is 1. The third kappa shape index (κ3) is 4.49. The highest BCUT2D eigenvalue weighted by Crippen LogP contribution is 2.41. The van der Waals surface area contributed by atoms with Gasteiger partial charge < -0.3 is 4.79 Å². The van der Waals surface area contributed by atoms with E-state index in [9.17, 15) is 17.6 Å². The number of aliphatic imine (C=N–C) groups is 1. The Labute approximate surface area is 196 Å². The van der Waals surface area contributed by atoms with Gasteiger partial charge in [0.1, 0.15) is 29.2 Å². The topological polar surface area (TPSA) is 78.8 Å². The predicted molar refractivity (Wildman–Crippen MR) is 128 cm³/mol. The fourth-order valence-electron chi connectivity index (χ4n) is 3.68. The van der Waals surface area contributed by atoms with Gasteiger partial charge in [-0.15, -0.1) is 11.6 Å². The Balaban J connectivity index is 1.71. The van der Waals surface area contributed by atoms with Gasteiger partial charge in [0.2, 0.25) is 0 Å². The van der Waals surface area contributed by atoms with Crippen molar-refractivity contribution < 1.29 is 17.6 Å². The Morgan fingerprint density at radius 3 is 2.55 bits per heavy atom. The lowest BCUT2D eigenvalue weighted by Crippen LogP contribution is -2.36. The smallest absolute Gasteiger partial charge is 0.194 e. The van der Waals surface area contributed by atoms with Crippen molar-refractivity contribution in [3.8, 4) is 11.1 Å². The molecule has 1 heterocycles. The number of rotatable bonds is 6. The second kappa shape index (κ2) is 8.96. The third-order valence-corrected chi connectivity index (χ3v) is 7.82. The van der Waals surface area contributed by atoms with Gasteiger partial charge in [0.25, 0.3) is 0 Å². The lowest BCUT2D eigenvalue weighted by Gasteiger charge is -2.32. The van der Waals surface area contributed by atoms with Crippen molar-refractivity contribution in [1.82, 2.24) is 5.01 Å². The van der Waals surface area contributed by atoms with E-state index in [0.717, 1.165) is 23.0 Å². The Morgan fingerprint density at radius 1 is 1.15 bits per heavy atom. The summed E-state index contributed by atoms with van der Waals surface area (Å²) in [6.07, 6.45) is 2.27. The van der Waals surface area contributed by atoms with E-state index in [2.05, 4.69) is 10.4 Å². The van der Waals surface area contributed by atoms with E-state index < -0.39 is 20.6 Å². The zero-order chi connectivity index (χ0) is 23.8. The summed E-state index contributed by atoms with van der Waals surface area (Å²) in [5.41, 5.74) is 7.31. The van der Waals surface area contributed by atoms with Crippen LogP contribution in [-0.2, 0) is 14.6 Å². The highest BCUT2D eigenvalue weighted by Gasteiger charge is 2.28. The Morgan fingerprint density at radius 2 is 1.88 bits per heavy atom. The molecule has 0 bridgehead atoms. The molecule has 0 fully saturated rings. The quantitative estimate of drug-likeness (QED) is 0.373. The second-order valence-corrected chi connectivity index (χ2v) is 10.9. The fraction of sp³-hybridized carbons (Fsp3) is 0.167. The summed E-state index contributed by atoms with van der Waals surface area (Å²) in [6.45, 7) is 3.31. The molecule has 6 nitrogen and oxygen atoms in total. The summed E-state index contributed by atoms with van der Waals surface area (Å²) in [5, 5.41) is 1.51. The molecule has 1 aliphatic heterocycles. The molecule has 0 amide bonds. The summed E-state index contributed by atoms with van der Waals surface area (Å²) < 4.78 is 37.2. The van der Waals surface area contributed by atoms with Crippen LogP contribution in [-0.4, -0.2) is 30.8 Å². The molecule has 2 atom stereocenters. The van der Waals surface area contributed by atoms with Crippen molar-refractivity contribution in [2.24, 2.45) is 4.99 Å². The van der Waals surface area contributed by atoms with Gasteiger partial charge in [-0.2, -0.15) is 0 Å². The number of hydrogen-bond donors (Lipinski definition) is 1.